The summed E-state index contributed by atoms with van der Waals surface area (Å²) in [5.41, 5.74) is 6.16. The van der Waals surface area contributed by atoms with Gasteiger partial charge in [0.15, 0.2) is 0 Å². The summed E-state index contributed by atoms with van der Waals surface area (Å²) in [5.74, 6) is 0.510. The van der Waals surface area contributed by atoms with E-state index in [1.807, 2.05) is 37.5 Å². The minimum Gasteiger partial charge on any atom is -0.350 e. The SMILES string of the molecule is CC(C)C[C@@H](C)NC(=O)c1ccc2c(c1)ncn2Cc1ccc(-c2ccccc2)cc1.O=C=O. The van der Waals surface area contributed by atoms with E-state index in [1.165, 1.54) is 16.7 Å². The Kier molecular flexibility index (Phi) is 8.49. The molecule has 0 aliphatic carbocycles. The van der Waals surface area contributed by atoms with Crippen molar-refractivity contribution in [2.75, 3.05) is 0 Å². The number of nitrogens with one attached hydrogen (secondary N) is 1. The van der Waals surface area contributed by atoms with E-state index < -0.39 is 0 Å². The molecule has 1 heterocycles. The van der Waals surface area contributed by atoms with E-state index in [1.54, 1.807) is 0 Å². The topological polar surface area (TPSA) is 81.1 Å². The summed E-state index contributed by atoms with van der Waals surface area (Å²) >= 11 is 0. The summed E-state index contributed by atoms with van der Waals surface area (Å²) in [6.45, 7) is 7.11. The second-order valence-corrected chi connectivity index (χ2v) is 8.73. The van der Waals surface area contributed by atoms with Gasteiger partial charge in [0, 0.05) is 18.2 Å². The molecule has 6 heteroatoms. The Morgan fingerprint density at radius 1 is 0.941 bits per heavy atom. The summed E-state index contributed by atoms with van der Waals surface area (Å²) < 4.78 is 2.12. The first kappa shape index (κ1) is 24.6. The lowest BCUT2D eigenvalue weighted by Crippen LogP contribution is -2.33. The molecule has 0 radical (unpaired) electrons. The van der Waals surface area contributed by atoms with Crippen LogP contribution < -0.4 is 5.32 Å². The van der Waals surface area contributed by atoms with Gasteiger partial charge in [-0.1, -0.05) is 68.4 Å². The summed E-state index contributed by atoms with van der Waals surface area (Å²) in [5, 5.41) is 3.08. The van der Waals surface area contributed by atoms with Crippen molar-refractivity contribution in [1.29, 1.82) is 0 Å². The van der Waals surface area contributed by atoms with Crippen LogP contribution in [0.25, 0.3) is 22.2 Å². The zero-order valence-electron chi connectivity index (χ0n) is 19.7. The quantitative estimate of drug-likeness (QED) is 0.408. The predicted octanol–water partition coefficient (Wildman–Crippen LogP) is 5.33. The number of carbonyl (C=O) groups excluding carboxylic acids is 3. The van der Waals surface area contributed by atoms with Crippen molar-refractivity contribution in [3.63, 3.8) is 0 Å². The van der Waals surface area contributed by atoms with E-state index in [0.29, 0.717) is 11.5 Å². The zero-order chi connectivity index (χ0) is 24.5. The van der Waals surface area contributed by atoms with Crippen LogP contribution in [0.3, 0.4) is 0 Å². The first-order valence-corrected chi connectivity index (χ1v) is 11.3. The van der Waals surface area contributed by atoms with Crippen molar-refractivity contribution in [1.82, 2.24) is 14.9 Å². The second kappa shape index (κ2) is 11.7. The van der Waals surface area contributed by atoms with Gasteiger partial charge in [-0.25, -0.2) is 4.98 Å². The maximum absolute atomic E-state index is 12.6. The molecule has 0 saturated heterocycles. The van der Waals surface area contributed by atoms with E-state index in [4.69, 9.17) is 9.59 Å². The molecular formula is C28H29N3O3. The lowest BCUT2D eigenvalue weighted by molar-refractivity contribution is -0.191. The highest BCUT2D eigenvalue weighted by molar-refractivity contribution is 5.97. The van der Waals surface area contributed by atoms with Crippen LogP contribution in [0.2, 0.25) is 0 Å². The van der Waals surface area contributed by atoms with E-state index in [9.17, 15) is 4.79 Å². The molecule has 174 valence electrons. The third kappa shape index (κ3) is 6.50. The molecule has 34 heavy (non-hydrogen) atoms. The molecule has 1 atom stereocenters. The summed E-state index contributed by atoms with van der Waals surface area (Å²) in [6.07, 6.45) is 3.06. The van der Waals surface area contributed by atoms with Crippen molar-refractivity contribution in [2.45, 2.75) is 39.8 Å². The molecule has 4 aromatic rings. The number of aromatic nitrogens is 2. The first-order chi connectivity index (χ1) is 16.4. The van der Waals surface area contributed by atoms with Crippen LogP contribution in [0.1, 0.15) is 43.1 Å². The molecule has 1 aromatic heterocycles. The van der Waals surface area contributed by atoms with Gasteiger partial charge in [-0.05, 0) is 54.2 Å². The highest BCUT2D eigenvalue weighted by atomic mass is 16.2. The van der Waals surface area contributed by atoms with Gasteiger partial charge in [0.25, 0.3) is 5.91 Å². The van der Waals surface area contributed by atoms with Crippen LogP contribution in [0.5, 0.6) is 0 Å². The fourth-order valence-corrected chi connectivity index (χ4v) is 4.03. The number of hydrogen-bond acceptors (Lipinski definition) is 4. The monoisotopic (exact) mass is 455 g/mol. The van der Waals surface area contributed by atoms with E-state index >= 15 is 0 Å². The second-order valence-electron chi connectivity index (χ2n) is 8.73. The Balaban J connectivity index is 0.00000103. The van der Waals surface area contributed by atoms with Gasteiger partial charge in [-0.3, -0.25) is 4.79 Å². The number of hydrogen-bond donors (Lipinski definition) is 1. The maximum atomic E-state index is 12.6. The normalized spacial score (nSPS) is 11.4. The molecule has 0 spiro atoms. The molecule has 0 bridgehead atoms. The van der Waals surface area contributed by atoms with E-state index in [-0.39, 0.29) is 18.1 Å². The number of carbonyl (C=O) groups is 1. The van der Waals surface area contributed by atoms with Gasteiger partial charge >= 0.3 is 6.15 Å². The average Bonchev–Trinajstić information content (AvgIpc) is 3.22. The van der Waals surface area contributed by atoms with Gasteiger partial charge in [0.2, 0.25) is 0 Å². The van der Waals surface area contributed by atoms with Crippen LogP contribution in [0, 0.1) is 5.92 Å². The molecular weight excluding hydrogens is 426 g/mol. The molecule has 0 saturated carbocycles. The summed E-state index contributed by atoms with van der Waals surface area (Å²) in [7, 11) is 0. The Morgan fingerprint density at radius 3 is 2.24 bits per heavy atom. The number of nitrogens with zero attached hydrogens (tertiary/aromatic N) is 2. The fraction of sp³-hybridized carbons (Fsp3) is 0.250. The zero-order valence-corrected chi connectivity index (χ0v) is 19.7. The van der Waals surface area contributed by atoms with Gasteiger partial charge in [0.1, 0.15) is 0 Å². The van der Waals surface area contributed by atoms with Gasteiger partial charge < -0.3 is 9.88 Å². The largest absolute Gasteiger partial charge is 0.373 e. The van der Waals surface area contributed by atoms with Gasteiger partial charge in [-0.15, -0.1) is 0 Å². The molecule has 0 unspecified atom stereocenters. The number of benzene rings is 3. The van der Waals surface area contributed by atoms with Gasteiger partial charge in [-0.2, -0.15) is 9.59 Å². The van der Waals surface area contributed by atoms with Crippen molar-refractivity contribution in [2.24, 2.45) is 5.92 Å². The predicted molar refractivity (Wildman–Crippen MR) is 132 cm³/mol. The number of rotatable bonds is 7. The lowest BCUT2D eigenvalue weighted by atomic mass is 10.0. The van der Waals surface area contributed by atoms with Crippen molar-refractivity contribution >= 4 is 23.1 Å². The molecule has 3 aromatic carbocycles. The maximum Gasteiger partial charge on any atom is 0.373 e. The number of amides is 1. The van der Waals surface area contributed by atoms with Crippen LogP contribution >= 0.6 is 0 Å². The Labute approximate surface area is 199 Å². The summed E-state index contributed by atoms with van der Waals surface area (Å²) in [6, 6.07) is 24.9. The van der Waals surface area contributed by atoms with Crippen molar-refractivity contribution < 1.29 is 14.4 Å². The molecule has 1 amide bonds. The van der Waals surface area contributed by atoms with Crippen molar-refractivity contribution in [3.05, 3.63) is 90.3 Å². The molecule has 1 N–H and O–H groups in total. The standard InChI is InChI=1S/C27H29N3O.CO2/c1-19(2)15-20(3)29-27(31)24-13-14-26-25(16-24)28-18-30(26)17-21-9-11-23(12-10-21)22-7-5-4-6-8-22;2-1-3/h4-14,16,18-20H,15,17H2,1-3H3,(H,29,31);/t20-;/m1./s1. The first-order valence-electron chi connectivity index (χ1n) is 11.3. The minimum absolute atomic E-state index is 0.0406. The van der Waals surface area contributed by atoms with Crippen LogP contribution in [-0.2, 0) is 16.1 Å². The van der Waals surface area contributed by atoms with Crippen LogP contribution in [0.15, 0.2) is 79.1 Å². The smallest absolute Gasteiger partial charge is 0.350 e. The third-order valence-electron chi connectivity index (χ3n) is 5.50. The molecule has 0 fully saturated rings. The van der Waals surface area contributed by atoms with E-state index in [0.717, 1.165) is 24.0 Å². The van der Waals surface area contributed by atoms with Crippen LogP contribution in [-0.4, -0.2) is 27.7 Å². The molecule has 4 rings (SSSR count). The highest BCUT2D eigenvalue weighted by Crippen LogP contribution is 2.21. The summed E-state index contributed by atoms with van der Waals surface area (Å²) in [4.78, 5) is 33.4. The third-order valence-corrected chi connectivity index (χ3v) is 5.50. The minimum atomic E-state index is -0.0406. The Hall–Kier alpha value is -4.02. The molecule has 6 nitrogen and oxygen atoms in total. The van der Waals surface area contributed by atoms with Gasteiger partial charge in [0.05, 0.1) is 17.4 Å². The Morgan fingerprint density at radius 2 is 1.59 bits per heavy atom. The highest BCUT2D eigenvalue weighted by Gasteiger charge is 2.13. The fourth-order valence-electron chi connectivity index (χ4n) is 4.03. The number of imidazole rings is 1. The molecule has 0 aliphatic heterocycles. The van der Waals surface area contributed by atoms with E-state index in [2.05, 4.69) is 77.2 Å². The average molecular weight is 456 g/mol. The van der Waals surface area contributed by atoms with Crippen LogP contribution in [0.4, 0.5) is 0 Å². The number of fused-ring (bicyclic) bond motifs is 1. The molecule has 0 aliphatic rings. The lowest BCUT2D eigenvalue weighted by Gasteiger charge is -2.16. The Bertz CT molecular complexity index is 1260. The van der Waals surface area contributed by atoms with Crippen molar-refractivity contribution in [3.8, 4) is 11.1 Å².